The van der Waals surface area contributed by atoms with Gasteiger partial charge >= 0.3 is 6.18 Å². The molecule has 5 rings (SSSR count). The molecule has 2 atom stereocenters. The van der Waals surface area contributed by atoms with Gasteiger partial charge < -0.3 is 15.3 Å². The Bertz CT molecular complexity index is 1590. The number of aromatic nitrogens is 2. The average Bonchev–Trinajstić information content (AvgIpc) is 2.96. The highest BCUT2D eigenvalue weighted by molar-refractivity contribution is 6.07. The molecule has 2 N–H and O–H groups in total. The lowest BCUT2D eigenvalue weighted by Gasteiger charge is -2.44. The molecule has 2 aliphatic rings. The summed E-state index contributed by atoms with van der Waals surface area (Å²) in [5.74, 6) is -2.67. The first-order valence-electron chi connectivity index (χ1n) is 13.8. The van der Waals surface area contributed by atoms with Gasteiger partial charge in [-0.3, -0.25) is 14.6 Å². The number of nitrogens with zero attached hydrogens (tertiary/aromatic N) is 5. The zero-order valence-electron chi connectivity index (χ0n) is 24.4. The molecule has 44 heavy (non-hydrogen) atoms. The van der Waals surface area contributed by atoms with E-state index in [9.17, 15) is 27.5 Å². The van der Waals surface area contributed by atoms with E-state index in [1.54, 1.807) is 36.4 Å². The maximum atomic E-state index is 15.8. The van der Waals surface area contributed by atoms with Gasteiger partial charge in [-0.15, -0.1) is 0 Å². The number of benzene rings is 2. The monoisotopic (exact) mass is 614 g/mol. The number of likely N-dealkylation sites (N-methyl/N-ethyl adjacent to an activating group) is 1. The summed E-state index contributed by atoms with van der Waals surface area (Å²) >= 11 is 0. The van der Waals surface area contributed by atoms with E-state index in [0.717, 1.165) is 12.1 Å². The van der Waals surface area contributed by atoms with Crippen LogP contribution in [0, 0.1) is 11.6 Å². The van der Waals surface area contributed by atoms with Crippen LogP contribution in [-0.2, 0) is 6.18 Å². The largest absolute Gasteiger partial charge is 0.417 e. The van der Waals surface area contributed by atoms with Crippen LogP contribution in [0.25, 0.3) is 11.1 Å². The van der Waals surface area contributed by atoms with Crippen LogP contribution in [0.2, 0.25) is 0 Å². The lowest BCUT2D eigenvalue weighted by atomic mass is 10.0. The Morgan fingerprint density at radius 2 is 1.64 bits per heavy atom. The van der Waals surface area contributed by atoms with Gasteiger partial charge in [-0.25, -0.2) is 18.7 Å². The zero-order valence-corrected chi connectivity index (χ0v) is 24.4. The Hall–Kier alpha value is -4.36. The normalized spacial score (nSPS) is 20.2. The molecule has 13 heteroatoms. The molecule has 0 unspecified atom stereocenters. The van der Waals surface area contributed by atoms with Crippen molar-refractivity contribution >= 4 is 23.2 Å². The minimum absolute atomic E-state index is 0.00800. The minimum atomic E-state index is -4.98. The molecule has 232 valence electrons. The molecular formula is C31H31F5N6O2. The molecule has 0 saturated carbocycles. The van der Waals surface area contributed by atoms with Gasteiger partial charge in [-0.1, -0.05) is 0 Å². The Labute approximate surface area is 251 Å². The first-order valence-corrected chi connectivity index (χ1v) is 13.8. The number of anilines is 3. The standard InChI is InChI=1S/C31H31F5N6O2/c1-18-16-42(17-19(2)40(18)4)27-13-25(33)23(20-14-37-29(38-15-20)41-9-7-30(3,44)8-10-41)12-26(27)39-28(43)22-6-5-21(32)11-24(22)31(34,35)36/h5-15,18-19,44H,16-17H2,1-4H3,(H,39,43)/t18-,19+. The molecule has 1 fully saturated rings. The Kier molecular flexibility index (Phi) is 8.21. The Balaban J connectivity index is 1.54. The molecule has 3 heterocycles. The van der Waals surface area contributed by atoms with E-state index in [1.807, 2.05) is 25.8 Å². The number of aliphatic hydroxyl groups is 1. The van der Waals surface area contributed by atoms with Crippen LogP contribution in [0.5, 0.6) is 0 Å². The molecule has 2 aliphatic heterocycles. The molecule has 1 amide bonds. The van der Waals surface area contributed by atoms with E-state index in [2.05, 4.69) is 20.2 Å². The summed E-state index contributed by atoms with van der Waals surface area (Å²) < 4.78 is 70.6. The van der Waals surface area contributed by atoms with Crippen LogP contribution in [0.1, 0.15) is 36.7 Å². The van der Waals surface area contributed by atoms with E-state index in [-0.39, 0.29) is 46.6 Å². The number of hydrogen-bond acceptors (Lipinski definition) is 7. The van der Waals surface area contributed by atoms with Crippen molar-refractivity contribution in [3.8, 4) is 11.1 Å². The molecule has 2 aromatic carbocycles. The fourth-order valence-corrected chi connectivity index (χ4v) is 5.18. The third-order valence-corrected chi connectivity index (χ3v) is 7.89. The number of halogens is 5. The van der Waals surface area contributed by atoms with Crippen molar-refractivity contribution in [1.29, 1.82) is 0 Å². The van der Waals surface area contributed by atoms with Crippen molar-refractivity contribution < 1.29 is 31.9 Å². The van der Waals surface area contributed by atoms with Gasteiger partial charge in [0.05, 0.1) is 22.5 Å². The van der Waals surface area contributed by atoms with Gasteiger partial charge in [0.25, 0.3) is 5.91 Å². The minimum Gasteiger partial charge on any atom is -0.382 e. The first kappa shape index (κ1) is 31.1. The van der Waals surface area contributed by atoms with Crippen LogP contribution in [0.15, 0.2) is 67.3 Å². The van der Waals surface area contributed by atoms with E-state index < -0.39 is 40.4 Å². The van der Waals surface area contributed by atoms with Crippen LogP contribution in [-0.4, -0.2) is 63.7 Å². The summed E-state index contributed by atoms with van der Waals surface area (Å²) in [6, 6.07) is 4.50. The van der Waals surface area contributed by atoms with Gasteiger partial charge in [0.1, 0.15) is 17.2 Å². The highest BCUT2D eigenvalue weighted by Gasteiger charge is 2.36. The zero-order chi connectivity index (χ0) is 32.0. The molecule has 8 nitrogen and oxygen atoms in total. The number of hydrogen-bond donors (Lipinski definition) is 2. The summed E-state index contributed by atoms with van der Waals surface area (Å²) in [5, 5.41) is 12.6. The fourth-order valence-electron chi connectivity index (χ4n) is 5.18. The summed E-state index contributed by atoms with van der Waals surface area (Å²) in [6.07, 6.45) is 4.03. The predicted octanol–water partition coefficient (Wildman–Crippen LogP) is 5.82. The van der Waals surface area contributed by atoms with Crippen molar-refractivity contribution in [3.63, 3.8) is 0 Å². The van der Waals surface area contributed by atoms with Crippen molar-refractivity contribution in [2.45, 2.75) is 44.6 Å². The van der Waals surface area contributed by atoms with Gasteiger partial charge in [0.15, 0.2) is 0 Å². The average molecular weight is 615 g/mol. The SMILES string of the molecule is C[C@@H]1CN(c2cc(F)c(-c3cnc(N4C=CC(C)(O)C=C4)nc3)cc2NC(=O)c2ccc(F)cc2C(F)(F)F)C[C@H](C)N1C. The lowest BCUT2D eigenvalue weighted by molar-refractivity contribution is -0.138. The Morgan fingerprint density at radius 3 is 2.23 bits per heavy atom. The highest BCUT2D eigenvalue weighted by Crippen LogP contribution is 2.38. The highest BCUT2D eigenvalue weighted by atomic mass is 19.4. The van der Waals surface area contributed by atoms with Crippen LogP contribution in [0.3, 0.4) is 0 Å². The van der Waals surface area contributed by atoms with Gasteiger partial charge in [-0.2, -0.15) is 13.2 Å². The molecule has 0 bridgehead atoms. The van der Waals surface area contributed by atoms with E-state index in [1.165, 1.54) is 24.5 Å². The van der Waals surface area contributed by atoms with Crippen molar-refractivity contribution in [1.82, 2.24) is 14.9 Å². The smallest absolute Gasteiger partial charge is 0.382 e. The van der Waals surface area contributed by atoms with Gasteiger partial charge in [-0.05, 0) is 70.3 Å². The maximum absolute atomic E-state index is 15.8. The first-order chi connectivity index (χ1) is 20.6. The number of alkyl halides is 3. The number of rotatable bonds is 5. The molecule has 0 aliphatic carbocycles. The number of piperazine rings is 1. The summed E-state index contributed by atoms with van der Waals surface area (Å²) in [5.41, 5.74) is -2.69. The molecule has 0 spiro atoms. The Morgan fingerprint density at radius 1 is 1.02 bits per heavy atom. The molecule has 1 saturated heterocycles. The lowest BCUT2D eigenvalue weighted by Crippen LogP contribution is -2.55. The number of nitrogens with one attached hydrogen (secondary N) is 1. The van der Waals surface area contributed by atoms with E-state index in [0.29, 0.717) is 13.1 Å². The second-order valence-corrected chi connectivity index (χ2v) is 11.3. The van der Waals surface area contributed by atoms with Crippen molar-refractivity contribution in [2.24, 2.45) is 0 Å². The predicted molar refractivity (Wildman–Crippen MR) is 157 cm³/mol. The van der Waals surface area contributed by atoms with Gasteiger partial charge in [0, 0.05) is 61.1 Å². The van der Waals surface area contributed by atoms with Crippen molar-refractivity contribution in [2.75, 3.05) is 35.3 Å². The molecule has 0 radical (unpaired) electrons. The number of amides is 1. The summed E-state index contributed by atoms with van der Waals surface area (Å²) in [7, 11) is 1.97. The third kappa shape index (κ3) is 6.43. The van der Waals surface area contributed by atoms with Crippen LogP contribution >= 0.6 is 0 Å². The van der Waals surface area contributed by atoms with E-state index >= 15 is 4.39 Å². The van der Waals surface area contributed by atoms with Crippen LogP contribution in [0.4, 0.5) is 39.3 Å². The second-order valence-electron chi connectivity index (χ2n) is 11.3. The molecular weight excluding hydrogens is 583 g/mol. The summed E-state index contributed by atoms with van der Waals surface area (Å²) in [6.45, 7) is 6.52. The van der Waals surface area contributed by atoms with Crippen molar-refractivity contribution in [3.05, 3.63) is 90.0 Å². The van der Waals surface area contributed by atoms with Crippen LogP contribution < -0.4 is 15.1 Å². The maximum Gasteiger partial charge on any atom is 0.417 e. The molecule has 3 aromatic rings. The number of carbonyl (C=O) groups is 1. The third-order valence-electron chi connectivity index (χ3n) is 7.89. The van der Waals surface area contributed by atoms with Gasteiger partial charge in [0.2, 0.25) is 5.95 Å². The molecule has 1 aromatic heterocycles. The topological polar surface area (TPSA) is 84.8 Å². The number of carbonyl (C=O) groups excluding carboxylic acids is 1. The summed E-state index contributed by atoms with van der Waals surface area (Å²) in [4.78, 5) is 27.5. The quantitative estimate of drug-likeness (QED) is 0.351. The van der Waals surface area contributed by atoms with E-state index in [4.69, 9.17) is 0 Å². The second kappa shape index (κ2) is 11.6. The fraction of sp³-hybridized carbons (Fsp3) is 0.323.